The third-order valence-electron chi connectivity index (χ3n) is 3.54. The van der Waals surface area contributed by atoms with E-state index in [1.807, 2.05) is 4.31 Å². The molecular weight excluding hydrogens is 262 g/mol. The third kappa shape index (κ3) is 3.30. The Bertz CT molecular complexity index is 550. The fourth-order valence-corrected chi connectivity index (χ4v) is 2.59. The van der Waals surface area contributed by atoms with E-state index in [1.165, 1.54) is 6.07 Å². The predicted molar refractivity (Wildman–Crippen MR) is 78.8 cm³/mol. The quantitative estimate of drug-likeness (QED) is 0.660. The first-order valence-electron chi connectivity index (χ1n) is 6.91. The lowest BCUT2D eigenvalue weighted by molar-refractivity contribution is 0.449. The van der Waals surface area contributed by atoms with Crippen LogP contribution in [0, 0.1) is 0 Å². The number of aryl methyl sites for hydroxylation is 1. The summed E-state index contributed by atoms with van der Waals surface area (Å²) in [6.45, 7) is 4.53. The number of fused-ring (bicyclic) bond motifs is 1. The zero-order valence-corrected chi connectivity index (χ0v) is 12.2. The van der Waals surface area contributed by atoms with Crippen molar-refractivity contribution < 1.29 is 0 Å². The Hall–Kier alpha value is -1.01. The van der Waals surface area contributed by atoms with Gasteiger partial charge in [0, 0.05) is 24.7 Å². The molecule has 106 valence electrons. The van der Waals surface area contributed by atoms with E-state index in [0.717, 1.165) is 19.3 Å². The minimum Gasteiger partial charge on any atom is -0.268 e. The fourth-order valence-electron chi connectivity index (χ4n) is 2.41. The van der Waals surface area contributed by atoms with Crippen LogP contribution >= 0.6 is 12.8 Å². The van der Waals surface area contributed by atoms with E-state index in [9.17, 15) is 9.59 Å². The van der Waals surface area contributed by atoms with Crippen LogP contribution < -0.4 is 11.1 Å². The maximum absolute atomic E-state index is 12.4. The molecule has 0 amide bonds. The molecule has 0 aliphatic carbocycles. The van der Waals surface area contributed by atoms with Crippen LogP contribution in [0.25, 0.3) is 0 Å². The summed E-state index contributed by atoms with van der Waals surface area (Å²) in [6, 6.07) is 1.52. The van der Waals surface area contributed by atoms with E-state index < -0.39 is 0 Å². The second-order valence-electron chi connectivity index (χ2n) is 4.97. The van der Waals surface area contributed by atoms with Crippen LogP contribution in [0.3, 0.4) is 0 Å². The topological polar surface area (TPSA) is 47.2 Å². The molecule has 1 aromatic heterocycles. The van der Waals surface area contributed by atoms with Gasteiger partial charge in [0.05, 0.1) is 13.1 Å². The smallest absolute Gasteiger partial charge is 0.268 e. The molecule has 0 N–H and O–H groups in total. The summed E-state index contributed by atoms with van der Waals surface area (Å²) in [5.74, 6) is 0. The molecule has 0 bridgehead atoms. The number of aromatic nitrogens is 2. The van der Waals surface area contributed by atoms with Crippen LogP contribution in [0.2, 0.25) is 0 Å². The van der Waals surface area contributed by atoms with Gasteiger partial charge in [-0.15, -0.1) is 0 Å². The number of rotatable bonds is 4. The second-order valence-corrected chi connectivity index (χ2v) is 5.54. The lowest BCUT2D eigenvalue weighted by Crippen LogP contribution is -2.40. The maximum atomic E-state index is 12.4. The predicted octanol–water partition coefficient (Wildman–Crippen LogP) is 0.903. The van der Waals surface area contributed by atoms with Crippen molar-refractivity contribution in [2.75, 3.05) is 13.1 Å². The van der Waals surface area contributed by atoms with E-state index in [0.29, 0.717) is 38.2 Å². The standard InChI is InChI=1S/C13H21N3O2S/c1-2-3-4-5-11-10-12(17)15-8-6-14(19)7-9-16(15)13(11)18/h10,19H,2-9H2,1H3. The molecule has 1 aliphatic rings. The van der Waals surface area contributed by atoms with Gasteiger partial charge in [0.2, 0.25) is 0 Å². The first-order valence-corrected chi connectivity index (χ1v) is 7.31. The average Bonchev–Trinajstić information content (AvgIpc) is 2.58. The van der Waals surface area contributed by atoms with Gasteiger partial charge in [0.25, 0.3) is 11.1 Å². The normalized spacial score (nSPS) is 16.1. The van der Waals surface area contributed by atoms with Gasteiger partial charge in [-0.2, -0.15) is 0 Å². The van der Waals surface area contributed by atoms with Gasteiger partial charge >= 0.3 is 0 Å². The Labute approximate surface area is 118 Å². The van der Waals surface area contributed by atoms with Crippen molar-refractivity contribution in [3.63, 3.8) is 0 Å². The molecule has 0 radical (unpaired) electrons. The van der Waals surface area contributed by atoms with E-state index >= 15 is 0 Å². The molecule has 2 rings (SSSR count). The van der Waals surface area contributed by atoms with Gasteiger partial charge in [0.1, 0.15) is 0 Å². The molecular formula is C13H21N3O2S. The number of thiol groups is 1. The van der Waals surface area contributed by atoms with Gasteiger partial charge in [0.15, 0.2) is 0 Å². The van der Waals surface area contributed by atoms with Crippen molar-refractivity contribution in [1.29, 1.82) is 0 Å². The average molecular weight is 283 g/mol. The molecule has 19 heavy (non-hydrogen) atoms. The summed E-state index contributed by atoms with van der Waals surface area (Å²) < 4.78 is 4.97. The minimum absolute atomic E-state index is 0.0145. The van der Waals surface area contributed by atoms with E-state index in [-0.39, 0.29) is 11.1 Å². The van der Waals surface area contributed by atoms with Crippen LogP contribution in [0.4, 0.5) is 0 Å². The zero-order valence-electron chi connectivity index (χ0n) is 11.3. The summed E-state index contributed by atoms with van der Waals surface area (Å²) in [5.41, 5.74) is 0.566. The zero-order chi connectivity index (χ0) is 13.8. The Morgan fingerprint density at radius 2 is 1.79 bits per heavy atom. The molecule has 0 saturated heterocycles. The monoisotopic (exact) mass is 283 g/mol. The molecule has 0 spiro atoms. The van der Waals surface area contributed by atoms with Crippen LogP contribution in [0.15, 0.2) is 15.7 Å². The van der Waals surface area contributed by atoms with Crippen molar-refractivity contribution in [3.8, 4) is 0 Å². The first-order chi connectivity index (χ1) is 9.13. The van der Waals surface area contributed by atoms with Gasteiger partial charge in [-0.3, -0.25) is 9.59 Å². The molecule has 1 aliphatic heterocycles. The van der Waals surface area contributed by atoms with E-state index in [4.69, 9.17) is 0 Å². The SMILES string of the molecule is CCCCCc1cc(=O)n2n(c1=O)CCN(S)CC2. The lowest BCUT2D eigenvalue weighted by Gasteiger charge is -2.12. The highest BCUT2D eigenvalue weighted by atomic mass is 32.1. The number of nitrogens with zero attached hydrogens (tertiary/aromatic N) is 3. The van der Waals surface area contributed by atoms with Gasteiger partial charge in [-0.1, -0.05) is 32.6 Å². The highest BCUT2D eigenvalue weighted by Crippen LogP contribution is 2.03. The lowest BCUT2D eigenvalue weighted by atomic mass is 10.1. The first kappa shape index (κ1) is 14.4. The van der Waals surface area contributed by atoms with Crippen molar-refractivity contribution in [2.45, 2.75) is 45.7 Å². The van der Waals surface area contributed by atoms with Crippen molar-refractivity contribution >= 4 is 12.8 Å². The summed E-state index contributed by atoms with van der Waals surface area (Å²) in [5, 5.41) is 0. The number of hydrogen-bond acceptors (Lipinski definition) is 4. The Morgan fingerprint density at radius 1 is 1.11 bits per heavy atom. The second kappa shape index (κ2) is 6.43. The van der Waals surface area contributed by atoms with Crippen molar-refractivity contribution in [1.82, 2.24) is 13.7 Å². The summed E-state index contributed by atoms with van der Waals surface area (Å²) >= 11 is 4.30. The van der Waals surface area contributed by atoms with Gasteiger partial charge in [-0.05, 0) is 12.8 Å². The molecule has 5 nitrogen and oxygen atoms in total. The van der Waals surface area contributed by atoms with Gasteiger partial charge in [-0.25, -0.2) is 13.7 Å². The summed E-state index contributed by atoms with van der Waals surface area (Å²) in [7, 11) is 0. The largest absolute Gasteiger partial charge is 0.268 e. The molecule has 2 heterocycles. The van der Waals surface area contributed by atoms with Crippen LogP contribution in [0.5, 0.6) is 0 Å². The van der Waals surface area contributed by atoms with Crippen molar-refractivity contribution in [3.05, 3.63) is 32.3 Å². The molecule has 0 unspecified atom stereocenters. The molecule has 0 atom stereocenters. The molecule has 0 fully saturated rings. The van der Waals surface area contributed by atoms with E-state index in [1.54, 1.807) is 9.36 Å². The maximum Gasteiger partial charge on any atom is 0.268 e. The Balaban J connectivity index is 2.33. The van der Waals surface area contributed by atoms with Gasteiger partial charge < -0.3 is 0 Å². The molecule has 1 aromatic rings. The third-order valence-corrected chi connectivity index (χ3v) is 3.94. The summed E-state index contributed by atoms with van der Waals surface area (Å²) in [6.07, 6.45) is 3.87. The van der Waals surface area contributed by atoms with Crippen LogP contribution in [-0.4, -0.2) is 26.8 Å². The fraction of sp³-hybridized carbons (Fsp3) is 0.692. The van der Waals surface area contributed by atoms with Crippen molar-refractivity contribution in [2.24, 2.45) is 0 Å². The number of hydrogen-bond donors (Lipinski definition) is 1. The highest BCUT2D eigenvalue weighted by Gasteiger charge is 2.15. The van der Waals surface area contributed by atoms with Crippen LogP contribution in [0.1, 0.15) is 31.7 Å². The van der Waals surface area contributed by atoms with Crippen LogP contribution in [-0.2, 0) is 19.5 Å². The molecule has 0 saturated carbocycles. The molecule has 0 aromatic carbocycles. The molecule has 6 heteroatoms. The minimum atomic E-state index is -0.0743. The highest BCUT2D eigenvalue weighted by molar-refractivity contribution is 7.77. The Kier molecular flexibility index (Phi) is 4.87. The summed E-state index contributed by atoms with van der Waals surface area (Å²) in [4.78, 5) is 24.5. The van der Waals surface area contributed by atoms with E-state index in [2.05, 4.69) is 19.7 Å². The number of unbranched alkanes of at least 4 members (excludes halogenated alkanes) is 2. The Morgan fingerprint density at radius 3 is 2.47 bits per heavy atom.